The molecule has 2 aliphatic carbocycles. The first-order valence-corrected chi connectivity index (χ1v) is 15.5. The van der Waals surface area contributed by atoms with E-state index >= 15 is 0 Å². The van der Waals surface area contributed by atoms with Crippen molar-refractivity contribution in [3.63, 3.8) is 0 Å². The van der Waals surface area contributed by atoms with Crippen LogP contribution in [-0.2, 0) is 16.6 Å². The predicted molar refractivity (Wildman–Crippen MR) is 162 cm³/mol. The number of likely N-dealkylation sites (tertiary alicyclic amines) is 1. The highest BCUT2D eigenvalue weighted by molar-refractivity contribution is 6.31. The lowest BCUT2D eigenvalue weighted by Gasteiger charge is -2.33. The number of ether oxygens (including phenoxy) is 1. The quantitative estimate of drug-likeness (QED) is 0.402. The van der Waals surface area contributed by atoms with Crippen LogP contribution >= 0.6 is 11.6 Å². The number of carbonyl (C=O) groups is 3. The van der Waals surface area contributed by atoms with Gasteiger partial charge < -0.3 is 26.0 Å². The zero-order chi connectivity index (χ0) is 31.1. The molecule has 0 bridgehead atoms. The van der Waals surface area contributed by atoms with Crippen molar-refractivity contribution >= 4 is 41.0 Å². The van der Waals surface area contributed by atoms with Crippen molar-refractivity contribution < 1.29 is 23.5 Å². The topological polar surface area (TPSA) is 132 Å². The standard InChI is InChI=1S/C31H42ClFN6O4/c1-31(2,3)43-30(42)39-9-7-18(8-10-39)28(40)35-16-17-11-19-13-21(14-20(19)12-17)26-25(27(34)38(4)37-26)29(41)36-22-5-6-24(33)23(32)15-22/h5-6,15,17-21H,7-14,16,34H2,1-4H3,(H,35,40)(H,36,41). The molecule has 2 heterocycles. The third-order valence-electron chi connectivity index (χ3n) is 9.11. The Hall–Kier alpha value is -3.34. The molecule has 5 rings (SSSR count). The normalized spacial score (nSPS) is 24.1. The molecule has 1 saturated heterocycles. The summed E-state index contributed by atoms with van der Waals surface area (Å²) in [6.07, 6.45) is 4.84. The smallest absolute Gasteiger partial charge is 0.410 e. The maximum absolute atomic E-state index is 13.6. The third kappa shape index (κ3) is 7.08. The molecule has 1 aliphatic heterocycles. The first-order chi connectivity index (χ1) is 20.3. The fraction of sp³-hybridized carbons (Fsp3) is 0.613. The molecule has 12 heteroatoms. The van der Waals surface area contributed by atoms with Crippen molar-refractivity contribution in [2.24, 2.45) is 30.7 Å². The minimum Gasteiger partial charge on any atom is -0.444 e. The van der Waals surface area contributed by atoms with Crippen molar-refractivity contribution in [2.45, 2.75) is 70.8 Å². The fourth-order valence-corrected chi connectivity index (χ4v) is 7.20. The lowest BCUT2D eigenvalue weighted by Crippen LogP contribution is -2.45. The number of aromatic nitrogens is 2. The Kier molecular flexibility index (Phi) is 8.92. The van der Waals surface area contributed by atoms with Gasteiger partial charge in [-0.3, -0.25) is 14.3 Å². The van der Waals surface area contributed by atoms with Crippen molar-refractivity contribution in [1.29, 1.82) is 0 Å². The van der Waals surface area contributed by atoms with Crippen LogP contribution in [0.1, 0.15) is 81.3 Å². The van der Waals surface area contributed by atoms with E-state index in [1.807, 2.05) is 20.8 Å². The second kappa shape index (κ2) is 12.3. The molecular formula is C31H42ClFN6O4. The van der Waals surface area contributed by atoms with Gasteiger partial charge in [0, 0.05) is 44.2 Å². The van der Waals surface area contributed by atoms with Crippen LogP contribution in [0, 0.1) is 29.5 Å². The van der Waals surface area contributed by atoms with E-state index in [4.69, 9.17) is 22.1 Å². The summed E-state index contributed by atoms with van der Waals surface area (Å²) in [5.41, 5.74) is 7.18. The van der Waals surface area contributed by atoms with E-state index in [1.54, 1.807) is 11.9 Å². The number of nitrogens with one attached hydrogen (secondary N) is 2. The van der Waals surface area contributed by atoms with Gasteiger partial charge in [0.2, 0.25) is 5.91 Å². The molecule has 2 atom stereocenters. The number of nitrogen functional groups attached to an aromatic ring is 1. The number of amides is 3. The van der Waals surface area contributed by atoms with Crippen LogP contribution in [-0.4, -0.2) is 57.8 Å². The van der Waals surface area contributed by atoms with Crippen molar-refractivity contribution in [3.8, 4) is 0 Å². The second-order valence-corrected chi connectivity index (χ2v) is 13.8. The molecule has 234 valence electrons. The Bertz CT molecular complexity index is 1370. The third-order valence-corrected chi connectivity index (χ3v) is 9.40. The van der Waals surface area contributed by atoms with Crippen LogP contribution in [0.15, 0.2) is 18.2 Å². The lowest BCUT2D eigenvalue weighted by atomic mass is 9.93. The van der Waals surface area contributed by atoms with Gasteiger partial charge in [-0.15, -0.1) is 0 Å². The van der Waals surface area contributed by atoms with Crippen molar-refractivity contribution in [3.05, 3.63) is 40.3 Å². The van der Waals surface area contributed by atoms with Gasteiger partial charge in [0.05, 0.1) is 10.7 Å². The zero-order valence-corrected chi connectivity index (χ0v) is 26.0. The van der Waals surface area contributed by atoms with Gasteiger partial charge in [0.15, 0.2) is 0 Å². The molecular weight excluding hydrogens is 575 g/mol. The largest absolute Gasteiger partial charge is 0.444 e. The number of aryl methyl sites for hydroxylation is 1. The molecule has 1 aromatic heterocycles. The van der Waals surface area contributed by atoms with Crippen molar-refractivity contribution in [2.75, 3.05) is 30.7 Å². The highest BCUT2D eigenvalue weighted by Gasteiger charge is 2.44. The molecule has 2 aromatic rings. The number of anilines is 2. The summed E-state index contributed by atoms with van der Waals surface area (Å²) >= 11 is 5.88. The Balaban J connectivity index is 1.11. The number of benzene rings is 1. The van der Waals surface area contributed by atoms with E-state index in [0.29, 0.717) is 67.2 Å². The second-order valence-electron chi connectivity index (χ2n) is 13.4. The summed E-state index contributed by atoms with van der Waals surface area (Å²) in [6.45, 7) is 7.26. The van der Waals surface area contributed by atoms with Crippen LogP contribution in [0.2, 0.25) is 5.02 Å². The lowest BCUT2D eigenvalue weighted by molar-refractivity contribution is -0.126. The molecule has 0 spiro atoms. The first kappa shape index (κ1) is 31.1. The fourth-order valence-electron chi connectivity index (χ4n) is 7.02. The van der Waals surface area contributed by atoms with E-state index in [0.717, 1.165) is 25.7 Å². The molecule has 43 heavy (non-hydrogen) atoms. The number of hydrogen-bond donors (Lipinski definition) is 3. The van der Waals surface area contributed by atoms with Gasteiger partial charge in [0.25, 0.3) is 5.91 Å². The average molecular weight is 617 g/mol. The monoisotopic (exact) mass is 616 g/mol. The summed E-state index contributed by atoms with van der Waals surface area (Å²) in [5.74, 6) is 0.849. The van der Waals surface area contributed by atoms with Crippen LogP contribution < -0.4 is 16.4 Å². The minimum absolute atomic E-state index is 0.0702. The number of fused-ring (bicyclic) bond motifs is 1. The maximum atomic E-state index is 13.6. The molecule has 2 saturated carbocycles. The summed E-state index contributed by atoms with van der Waals surface area (Å²) in [4.78, 5) is 40.2. The Labute approximate surface area is 256 Å². The molecule has 4 N–H and O–H groups in total. The highest BCUT2D eigenvalue weighted by Crippen LogP contribution is 2.53. The van der Waals surface area contributed by atoms with Crippen LogP contribution in [0.5, 0.6) is 0 Å². The number of rotatable bonds is 6. The van der Waals surface area contributed by atoms with Gasteiger partial charge in [-0.25, -0.2) is 9.18 Å². The maximum Gasteiger partial charge on any atom is 0.410 e. The molecule has 3 amide bonds. The van der Waals surface area contributed by atoms with Crippen LogP contribution in [0.3, 0.4) is 0 Å². The Morgan fingerprint density at radius 2 is 1.77 bits per heavy atom. The SMILES string of the molecule is Cn1nc(C2CC3CC(CNC(=O)C4CCN(C(=O)OC(C)(C)C)CC4)CC3C2)c(C(=O)Nc2ccc(F)c(Cl)c2)c1N. The highest BCUT2D eigenvalue weighted by atomic mass is 35.5. The van der Waals surface area contributed by atoms with Gasteiger partial charge in [-0.1, -0.05) is 11.6 Å². The van der Waals surface area contributed by atoms with E-state index in [9.17, 15) is 18.8 Å². The zero-order valence-electron chi connectivity index (χ0n) is 25.3. The number of nitrogens with zero attached hydrogens (tertiary/aromatic N) is 3. The number of nitrogens with two attached hydrogens (primary N) is 1. The average Bonchev–Trinajstić information content (AvgIpc) is 3.60. The number of hydrogen-bond acceptors (Lipinski definition) is 6. The predicted octanol–water partition coefficient (Wildman–Crippen LogP) is 5.33. The molecule has 1 aromatic carbocycles. The molecule has 2 unspecified atom stereocenters. The Morgan fingerprint density at radius 3 is 2.37 bits per heavy atom. The van der Waals surface area contributed by atoms with Crippen LogP contribution in [0.25, 0.3) is 0 Å². The summed E-state index contributed by atoms with van der Waals surface area (Å²) in [6, 6.07) is 4.03. The van der Waals surface area contributed by atoms with Gasteiger partial charge >= 0.3 is 6.09 Å². The van der Waals surface area contributed by atoms with E-state index in [-0.39, 0.29) is 34.7 Å². The number of carbonyl (C=O) groups excluding carboxylic acids is 3. The molecule has 10 nitrogen and oxygen atoms in total. The van der Waals surface area contributed by atoms with Crippen LogP contribution in [0.4, 0.5) is 20.7 Å². The van der Waals surface area contributed by atoms with Crippen molar-refractivity contribution in [1.82, 2.24) is 20.0 Å². The molecule has 0 radical (unpaired) electrons. The molecule has 3 fully saturated rings. The van der Waals surface area contributed by atoms with Gasteiger partial charge in [0.1, 0.15) is 22.8 Å². The minimum atomic E-state index is -0.558. The number of halogens is 2. The Morgan fingerprint density at radius 1 is 1.12 bits per heavy atom. The van der Waals surface area contributed by atoms with Gasteiger partial charge in [-0.2, -0.15) is 5.10 Å². The van der Waals surface area contributed by atoms with E-state index < -0.39 is 17.3 Å². The summed E-state index contributed by atoms with van der Waals surface area (Å²) < 4.78 is 20.6. The summed E-state index contributed by atoms with van der Waals surface area (Å²) in [5, 5.41) is 10.5. The number of piperidine rings is 1. The molecule has 3 aliphatic rings. The van der Waals surface area contributed by atoms with Gasteiger partial charge in [-0.05, 0) is 95.2 Å². The van der Waals surface area contributed by atoms with E-state index in [1.165, 1.54) is 22.9 Å². The first-order valence-electron chi connectivity index (χ1n) is 15.1. The van der Waals surface area contributed by atoms with E-state index in [2.05, 4.69) is 15.7 Å². The summed E-state index contributed by atoms with van der Waals surface area (Å²) in [7, 11) is 1.72.